The van der Waals surface area contributed by atoms with Crippen LogP contribution in [0.5, 0.6) is 0 Å². The van der Waals surface area contributed by atoms with Crippen molar-refractivity contribution in [3.63, 3.8) is 0 Å². The molecule has 1 atom stereocenters. The Morgan fingerprint density at radius 2 is 1.83 bits per heavy atom. The lowest BCUT2D eigenvalue weighted by Gasteiger charge is -2.28. The predicted octanol–water partition coefficient (Wildman–Crippen LogP) is 1.69. The summed E-state index contributed by atoms with van der Waals surface area (Å²) in [4.78, 5) is 28.4. The fraction of sp³-hybridized carbons (Fsp3) is 0.600. The van der Waals surface area contributed by atoms with Gasteiger partial charge >= 0.3 is 6.18 Å². The summed E-state index contributed by atoms with van der Waals surface area (Å²) in [7, 11) is 0. The van der Waals surface area contributed by atoms with Gasteiger partial charge in [-0.05, 0) is 24.1 Å². The quantitative estimate of drug-likeness (QED) is 0.739. The van der Waals surface area contributed by atoms with Gasteiger partial charge in [0.25, 0.3) is 0 Å². The summed E-state index contributed by atoms with van der Waals surface area (Å²) >= 11 is 0. The molecule has 9 heteroatoms. The lowest BCUT2D eigenvalue weighted by atomic mass is 10.1. The summed E-state index contributed by atoms with van der Waals surface area (Å²) in [5, 5.41) is 2.87. The number of amides is 2. The van der Waals surface area contributed by atoms with Crippen LogP contribution < -0.4 is 5.32 Å². The zero-order valence-electron chi connectivity index (χ0n) is 16.2. The number of morpholine rings is 1. The second-order valence-corrected chi connectivity index (χ2v) is 7.46. The first kappa shape index (κ1) is 21.6. The van der Waals surface area contributed by atoms with Crippen LogP contribution in [0.4, 0.5) is 13.2 Å². The third-order valence-electron chi connectivity index (χ3n) is 5.29. The van der Waals surface area contributed by atoms with E-state index in [1.807, 2.05) is 0 Å². The van der Waals surface area contributed by atoms with Crippen LogP contribution in [0.15, 0.2) is 24.3 Å². The molecule has 2 aliphatic rings. The average Bonchev–Trinajstić information content (AvgIpc) is 3.04. The number of aryl methyl sites for hydroxylation is 1. The number of benzene rings is 1. The smallest absolute Gasteiger partial charge is 0.379 e. The van der Waals surface area contributed by atoms with Crippen molar-refractivity contribution in [1.29, 1.82) is 0 Å². The Balaban J connectivity index is 1.38. The average molecular weight is 413 g/mol. The zero-order chi connectivity index (χ0) is 20.9. The van der Waals surface area contributed by atoms with E-state index in [9.17, 15) is 22.8 Å². The normalized spacial score (nSPS) is 20.9. The van der Waals surface area contributed by atoms with Crippen LogP contribution >= 0.6 is 0 Å². The number of nitrogens with zero attached hydrogens (tertiary/aromatic N) is 2. The van der Waals surface area contributed by atoms with E-state index >= 15 is 0 Å². The number of hydrogen-bond acceptors (Lipinski definition) is 4. The Morgan fingerprint density at radius 3 is 2.48 bits per heavy atom. The number of likely N-dealkylation sites (tertiary alicyclic amines) is 1. The molecule has 3 rings (SSSR count). The minimum absolute atomic E-state index is 0.0336. The number of halogens is 3. The van der Waals surface area contributed by atoms with Crippen molar-refractivity contribution in [3.05, 3.63) is 35.4 Å². The van der Waals surface area contributed by atoms with E-state index in [2.05, 4.69) is 10.2 Å². The highest BCUT2D eigenvalue weighted by molar-refractivity contribution is 5.82. The maximum absolute atomic E-state index is 12.6. The molecule has 2 amide bonds. The molecule has 1 N–H and O–H groups in total. The van der Waals surface area contributed by atoms with Crippen molar-refractivity contribution in [2.45, 2.75) is 31.5 Å². The van der Waals surface area contributed by atoms with Crippen molar-refractivity contribution in [2.75, 3.05) is 45.9 Å². The van der Waals surface area contributed by atoms with E-state index in [-0.39, 0.29) is 30.7 Å². The molecule has 1 aromatic rings. The number of nitrogens with one attached hydrogen (secondary N) is 1. The summed E-state index contributed by atoms with van der Waals surface area (Å²) < 4.78 is 43.1. The Hall–Kier alpha value is -2.13. The van der Waals surface area contributed by atoms with Crippen LogP contribution in [0.3, 0.4) is 0 Å². The van der Waals surface area contributed by atoms with Gasteiger partial charge in [-0.2, -0.15) is 13.2 Å². The first-order valence-corrected chi connectivity index (χ1v) is 9.84. The summed E-state index contributed by atoms with van der Waals surface area (Å²) in [5.74, 6) is -0.163. The van der Waals surface area contributed by atoms with Crippen LogP contribution in [0.25, 0.3) is 0 Å². The molecule has 2 aliphatic heterocycles. The molecule has 0 radical (unpaired) electrons. The fourth-order valence-corrected chi connectivity index (χ4v) is 3.59. The number of hydrogen-bond donors (Lipinski definition) is 1. The first-order chi connectivity index (χ1) is 13.8. The summed E-state index contributed by atoms with van der Waals surface area (Å²) in [5.41, 5.74) is -0.0323. The molecule has 160 valence electrons. The minimum atomic E-state index is -4.36. The van der Waals surface area contributed by atoms with E-state index in [1.54, 1.807) is 4.90 Å². The molecule has 0 aliphatic carbocycles. The van der Waals surface area contributed by atoms with Crippen molar-refractivity contribution in [2.24, 2.45) is 0 Å². The maximum atomic E-state index is 12.6. The largest absolute Gasteiger partial charge is 0.416 e. The Labute approximate surface area is 168 Å². The first-order valence-electron chi connectivity index (χ1n) is 9.84. The molecule has 1 unspecified atom stereocenters. The standard InChI is InChI=1S/C20H26F3N3O3/c21-20(22,23)16-4-1-15(2-5-16)3-6-18(27)24-17-13-19(28)26(14-17)8-7-25-9-11-29-12-10-25/h1-2,4-5,17H,3,6-14H2,(H,24,27). The topological polar surface area (TPSA) is 61.9 Å². The van der Waals surface area contributed by atoms with Crippen molar-refractivity contribution in [3.8, 4) is 0 Å². The zero-order valence-corrected chi connectivity index (χ0v) is 16.2. The molecule has 6 nitrogen and oxygen atoms in total. The van der Waals surface area contributed by atoms with E-state index in [1.165, 1.54) is 12.1 Å². The van der Waals surface area contributed by atoms with Crippen LogP contribution in [0.1, 0.15) is 24.0 Å². The second kappa shape index (κ2) is 9.58. The molecule has 0 spiro atoms. The molecular formula is C20H26F3N3O3. The van der Waals surface area contributed by atoms with Crippen LogP contribution in [0.2, 0.25) is 0 Å². The van der Waals surface area contributed by atoms with E-state index in [0.29, 0.717) is 38.3 Å². The number of alkyl halides is 3. The van der Waals surface area contributed by atoms with Gasteiger partial charge in [-0.25, -0.2) is 0 Å². The fourth-order valence-electron chi connectivity index (χ4n) is 3.59. The van der Waals surface area contributed by atoms with Gasteiger partial charge in [0.2, 0.25) is 11.8 Å². The van der Waals surface area contributed by atoms with Crippen LogP contribution in [-0.4, -0.2) is 73.6 Å². The van der Waals surface area contributed by atoms with Crippen LogP contribution in [0, 0.1) is 0 Å². The van der Waals surface area contributed by atoms with Gasteiger partial charge in [0, 0.05) is 45.6 Å². The van der Waals surface area contributed by atoms with Crippen molar-refractivity contribution < 1.29 is 27.5 Å². The van der Waals surface area contributed by atoms with E-state index < -0.39 is 11.7 Å². The number of ether oxygens (including phenoxy) is 1. The predicted molar refractivity (Wildman–Crippen MR) is 100 cm³/mol. The Bertz CT molecular complexity index is 703. The second-order valence-electron chi connectivity index (χ2n) is 7.46. The highest BCUT2D eigenvalue weighted by Gasteiger charge is 2.31. The molecule has 29 heavy (non-hydrogen) atoms. The summed E-state index contributed by atoms with van der Waals surface area (Å²) in [6.45, 7) is 5.09. The molecule has 0 bridgehead atoms. The van der Waals surface area contributed by atoms with E-state index in [4.69, 9.17) is 4.74 Å². The maximum Gasteiger partial charge on any atom is 0.416 e. The third kappa shape index (κ3) is 6.43. The molecule has 0 saturated carbocycles. The van der Waals surface area contributed by atoms with Gasteiger partial charge in [0.15, 0.2) is 0 Å². The third-order valence-corrected chi connectivity index (χ3v) is 5.29. The molecule has 2 heterocycles. The van der Waals surface area contributed by atoms with Crippen molar-refractivity contribution >= 4 is 11.8 Å². The van der Waals surface area contributed by atoms with Crippen LogP contribution in [-0.2, 0) is 26.9 Å². The van der Waals surface area contributed by atoms with E-state index in [0.717, 1.165) is 31.8 Å². The lowest BCUT2D eigenvalue weighted by Crippen LogP contribution is -2.42. The molecule has 2 fully saturated rings. The number of rotatable bonds is 7. The van der Waals surface area contributed by atoms with Gasteiger partial charge < -0.3 is 15.0 Å². The molecular weight excluding hydrogens is 387 g/mol. The highest BCUT2D eigenvalue weighted by atomic mass is 19.4. The molecule has 1 aromatic carbocycles. The lowest BCUT2D eigenvalue weighted by molar-refractivity contribution is -0.137. The SMILES string of the molecule is O=C(CCc1ccc(C(F)(F)F)cc1)NC1CC(=O)N(CCN2CCOCC2)C1. The highest BCUT2D eigenvalue weighted by Crippen LogP contribution is 2.29. The molecule has 2 saturated heterocycles. The number of carbonyl (C=O) groups is 2. The monoisotopic (exact) mass is 413 g/mol. The van der Waals surface area contributed by atoms with Gasteiger partial charge in [0.1, 0.15) is 0 Å². The minimum Gasteiger partial charge on any atom is -0.379 e. The summed E-state index contributed by atoms with van der Waals surface area (Å²) in [6.07, 6.45) is -3.55. The molecule has 0 aromatic heterocycles. The van der Waals surface area contributed by atoms with Gasteiger partial charge in [-0.3, -0.25) is 14.5 Å². The number of carbonyl (C=O) groups excluding carboxylic acids is 2. The summed E-state index contributed by atoms with van der Waals surface area (Å²) in [6, 6.07) is 4.61. The van der Waals surface area contributed by atoms with Crippen molar-refractivity contribution in [1.82, 2.24) is 15.1 Å². The van der Waals surface area contributed by atoms with Gasteiger partial charge in [-0.1, -0.05) is 12.1 Å². The Morgan fingerprint density at radius 1 is 1.14 bits per heavy atom. The Kier molecular flexibility index (Phi) is 7.13. The van der Waals surface area contributed by atoms with Gasteiger partial charge in [0.05, 0.1) is 24.8 Å². The van der Waals surface area contributed by atoms with Gasteiger partial charge in [-0.15, -0.1) is 0 Å².